The lowest BCUT2D eigenvalue weighted by Gasteiger charge is -2.36. The lowest BCUT2D eigenvalue weighted by Crippen LogP contribution is -2.31. The van der Waals surface area contributed by atoms with E-state index in [4.69, 9.17) is 0 Å². The van der Waals surface area contributed by atoms with Gasteiger partial charge in [-0.3, -0.25) is 4.98 Å². The molecule has 0 aliphatic heterocycles. The van der Waals surface area contributed by atoms with Crippen LogP contribution in [0.25, 0.3) is 0 Å². The van der Waals surface area contributed by atoms with Gasteiger partial charge in [0, 0.05) is 18.4 Å². The van der Waals surface area contributed by atoms with E-state index in [0.717, 1.165) is 25.7 Å². The van der Waals surface area contributed by atoms with Crippen LogP contribution >= 0.6 is 0 Å². The Kier molecular flexibility index (Phi) is 4.13. The Morgan fingerprint density at radius 1 is 1.29 bits per heavy atom. The van der Waals surface area contributed by atoms with Crippen LogP contribution in [0.4, 0.5) is 0 Å². The minimum absolute atomic E-state index is 0.0806. The predicted molar refractivity (Wildman–Crippen MR) is 68.6 cm³/mol. The fourth-order valence-corrected chi connectivity index (χ4v) is 2.96. The van der Waals surface area contributed by atoms with Crippen molar-refractivity contribution in [2.45, 2.75) is 37.8 Å². The zero-order valence-electron chi connectivity index (χ0n) is 10.7. The highest BCUT2D eigenvalue weighted by atomic mass is 16.3. The van der Waals surface area contributed by atoms with Gasteiger partial charge in [0.2, 0.25) is 0 Å². The van der Waals surface area contributed by atoms with Gasteiger partial charge in [0.05, 0.1) is 6.10 Å². The number of aromatic nitrogens is 1. The van der Waals surface area contributed by atoms with E-state index < -0.39 is 0 Å². The second-order valence-electron chi connectivity index (χ2n) is 5.26. The SMILES string of the molecule is CN(C)C(c1cccnc1)C1CCC(O)CC1. The van der Waals surface area contributed by atoms with Crippen molar-refractivity contribution in [3.05, 3.63) is 30.1 Å². The summed E-state index contributed by atoms with van der Waals surface area (Å²) in [6, 6.07) is 4.59. The molecule has 3 nitrogen and oxygen atoms in total. The molecule has 0 spiro atoms. The Balaban J connectivity index is 2.13. The normalized spacial score (nSPS) is 27.1. The monoisotopic (exact) mass is 234 g/mol. The number of hydrogen-bond donors (Lipinski definition) is 1. The Hall–Kier alpha value is -0.930. The summed E-state index contributed by atoms with van der Waals surface area (Å²) in [5.74, 6) is 0.637. The van der Waals surface area contributed by atoms with Crippen molar-refractivity contribution in [1.29, 1.82) is 0 Å². The third-order valence-corrected chi connectivity index (χ3v) is 3.77. The second kappa shape index (κ2) is 5.61. The maximum Gasteiger partial charge on any atom is 0.0540 e. The molecular formula is C14H22N2O. The van der Waals surface area contributed by atoms with Crippen molar-refractivity contribution in [1.82, 2.24) is 9.88 Å². The molecule has 0 saturated heterocycles. The van der Waals surface area contributed by atoms with Gasteiger partial charge in [0.25, 0.3) is 0 Å². The summed E-state index contributed by atoms with van der Waals surface area (Å²) >= 11 is 0. The van der Waals surface area contributed by atoms with E-state index in [1.165, 1.54) is 5.56 Å². The molecule has 1 N–H and O–H groups in total. The number of rotatable bonds is 3. The maximum absolute atomic E-state index is 9.59. The summed E-state index contributed by atoms with van der Waals surface area (Å²) in [5.41, 5.74) is 1.29. The first-order valence-electron chi connectivity index (χ1n) is 6.43. The molecule has 0 amide bonds. The summed E-state index contributed by atoms with van der Waals surface area (Å²) in [6.07, 6.45) is 7.81. The first kappa shape index (κ1) is 12.5. The van der Waals surface area contributed by atoms with Crippen molar-refractivity contribution in [3.8, 4) is 0 Å². The first-order chi connectivity index (χ1) is 8.18. The molecule has 1 aromatic rings. The Morgan fingerprint density at radius 2 is 2.00 bits per heavy atom. The standard InChI is InChI=1S/C14H22N2O/c1-16(2)14(12-4-3-9-15-10-12)11-5-7-13(17)8-6-11/h3-4,9-11,13-14,17H,5-8H2,1-2H3. The van der Waals surface area contributed by atoms with Crippen molar-refractivity contribution in [2.24, 2.45) is 5.92 Å². The molecule has 1 saturated carbocycles. The van der Waals surface area contributed by atoms with Gasteiger partial charge in [0.1, 0.15) is 0 Å². The molecule has 17 heavy (non-hydrogen) atoms. The lowest BCUT2D eigenvalue weighted by atomic mass is 9.80. The summed E-state index contributed by atoms with van der Waals surface area (Å²) < 4.78 is 0. The number of nitrogens with zero attached hydrogens (tertiary/aromatic N) is 2. The van der Waals surface area contributed by atoms with Gasteiger partial charge in [-0.2, -0.15) is 0 Å². The average Bonchev–Trinajstić information content (AvgIpc) is 2.33. The summed E-state index contributed by atoms with van der Waals surface area (Å²) in [6.45, 7) is 0. The fraction of sp³-hybridized carbons (Fsp3) is 0.643. The average molecular weight is 234 g/mol. The van der Waals surface area contributed by atoms with E-state index in [0.29, 0.717) is 12.0 Å². The number of aliphatic hydroxyl groups excluding tert-OH is 1. The van der Waals surface area contributed by atoms with Crippen LogP contribution in [0.1, 0.15) is 37.3 Å². The van der Waals surface area contributed by atoms with Crippen molar-refractivity contribution >= 4 is 0 Å². The van der Waals surface area contributed by atoms with Crippen molar-refractivity contribution < 1.29 is 5.11 Å². The molecule has 3 heteroatoms. The van der Waals surface area contributed by atoms with Crippen LogP contribution in [0, 0.1) is 5.92 Å². The lowest BCUT2D eigenvalue weighted by molar-refractivity contribution is 0.0778. The Morgan fingerprint density at radius 3 is 2.53 bits per heavy atom. The Labute approximate surface area is 103 Å². The molecule has 0 bridgehead atoms. The van der Waals surface area contributed by atoms with E-state index in [9.17, 15) is 5.11 Å². The van der Waals surface area contributed by atoms with Crippen molar-refractivity contribution in [3.63, 3.8) is 0 Å². The quantitative estimate of drug-likeness (QED) is 0.871. The minimum atomic E-state index is -0.0806. The fourth-order valence-electron chi connectivity index (χ4n) is 2.96. The predicted octanol–water partition coefficient (Wildman–Crippen LogP) is 2.24. The molecule has 1 aromatic heterocycles. The van der Waals surface area contributed by atoms with Gasteiger partial charge in [-0.25, -0.2) is 0 Å². The highest BCUT2D eigenvalue weighted by Crippen LogP contribution is 2.36. The summed E-state index contributed by atoms with van der Waals surface area (Å²) in [7, 11) is 4.26. The first-order valence-corrected chi connectivity index (χ1v) is 6.43. The maximum atomic E-state index is 9.59. The highest BCUT2D eigenvalue weighted by Gasteiger charge is 2.29. The number of aliphatic hydroxyl groups is 1. The Bertz CT molecular complexity index is 331. The largest absolute Gasteiger partial charge is 0.393 e. The minimum Gasteiger partial charge on any atom is -0.393 e. The van der Waals surface area contributed by atoms with Crippen LogP contribution in [0.15, 0.2) is 24.5 Å². The van der Waals surface area contributed by atoms with Gasteiger partial charge in [-0.05, 0) is 57.3 Å². The van der Waals surface area contributed by atoms with E-state index >= 15 is 0 Å². The smallest absolute Gasteiger partial charge is 0.0540 e. The highest BCUT2D eigenvalue weighted by molar-refractivity contribution is 5.15. The van der Waals surface area contributed by atoms with E-state index in [1.54, 1.807) is 0 Å². The molecule has 1 aliphatic rings. The molecule has 0 aromatic carbocycles. The van der Waals surface area contributed by atoms with Gasteiger partial charge >= 0.3 is 0 Å². The molecule has 1 unspecified atom stereocenters. The van der Waals surface area contributed by atoms with Crippen LogP contribution < -0.4 is 0 Å². The molecular weight excluding hydrogens is 212 g/mol. The zero-order chi connectivity index (χ0) is 12.3. The topological polar surface area (TPSA) is 36.4 Å². The third-order valence-electron chi connectivity index (χ3n) is 3.77. The summed E-state index contributed by atoms with van der Waals surface area (Å²) in [5, 5.41) is 9.59. The van der Waals surface area contributed by atoms with E-state index in [2.05, 4.69) is 30.0 Å². The summed E-state index contributed by atoms with van der Waals surface area (Å²) in [4.78, 5) is 6.50. The molecule has 2 rings (SSSR count). The third kappa shape index (κ3) is 3.05. The van der Waals surface area contributed by atoms with Crippen molar-refractivity contribution in [2.75, 3.05) is 14.1 Å². The van der Waals surface area contributed by atoms with Crippen LogP contribution in [-0.4, -0.2) is 35.2 Å². The number of hydrogen-bond acceptors (Lipinski definition) is 3. The van der Waals surface area contributed by atoms with E-state index in [1.807, 2.05) is 18.5 Å². The van der Waals surface area contributed by atoms with Gasteiger partial charge in [-0.15, -0.1) is 0 Å². The van der Waals surface area contributed by atoms with Crippen LogP contribution in [0.5, 0.6) is 0 Å². The second-order valence-corrected chi connectivity index (χ2v) is 5.26. The molecule has 1 aliphatic carbocycles. The molecule has 94 valence electrons. The molecule has 1 fully saturated rings. The van der Waals surface area contributed by atoms with Crippen LogP contribution in [-0.2, 0) is 0 Å². The molecule has 1 atom stereocenters. The zero-order valence-corrected chi connectivity index (χ0v) is 10.7. The van der Waals surface area contributed by atoms with E-state index in [-0.39, 0.29) is 6.10 Å². The molecule has 1 heterocycles. The van der Waals surface area contributed by atoms with Gasteiger partial charge in [-0.1, -0.05) is 6.07 Å². The van der Waals surface area contributed by atoms with Crippen LogP contribution in [0.2, 0.25) is 0 Å². The van der Waals surface area contributed by atoms with Gasteiger partial charge in [0.15, 0.2) is 0 Å². The number of pyridine rings is 1. The van der Waals surface area contributed by atoms with Crippen LogP contribution in [0.3, 0.4) is 0 Å². The molecule has 0 radical (unpaired) electrons. The van der Waals surface area contributed by atoms with Gasteiger partial charge < -0.3 is 10.0 Å².